The summed E-state index contributed by atoms with van der Waals surface area (Å²) in [5, 5.41) is 20.9. The minimum Gasteiger partial charge on any atom is -0.392 e. The van der Waals surface area contributed by atoms with Crippen molar-refractivity contribution in [2.75, 3.05) is 0 Å². The molecule has 2 saturated carbocycles. The number of benzene rings is 2. The molecule has 0 spiro atoms. The van der Waals surface area contributed by atoms with Crippen LogP contribution in [0.2, 0.25) is 0 Å². The number of fused-ring (bicyclic) bond motifs is 5. The van der Waals surface area contributed by atoms with Gasteiger partial charge in [-0.3, -0.25) is 0 Å². The molecule has 6 unspecified atom stereocenters. The number of hydrogen-bond donors (Lipinski definition) is 2. The predicted octanol–water partition coefficient (Wildman–Crippen LogP) is 5.17. The van der Waals surface area contributed by atoms with E-state index in [2.05, 4.69) is 56.3 Å². The van der Waals surface area contributed by atoms with Crippen molar-refractivity contribution in [2.45, 2.75) is 71.0 Å². The lowest BCUT2D eigenvalue weighted by molar-refractivity contribution is -0.0325. The zero-order valence-electron chi connectivity index (χ0n) is 17.8. The van der Waals surface area contributed by atoms with E-state index in [9.17, 15) is 10.2 Å². The molecule has 3 aliphatic carbocycles. The Kier molecular flexibility index (Phi) is 4.83. The summed E-state index contributed by atoms with van der Waals surface area (Å²) in [6, 6.07) is 15.4. The number of aliphatic hydroxyl groups is 2. The van der Waals surface area contributed by atoms with E-state index in [-0.39, 0.29) is 18.1 Å². The number of aliphatic hydroxyl groups excluding tert-OH is 2. The van der Waals surface area contributed by atoms with E-state index in [4.69, 9.17) is 0 Å². The first kappa shape index (κ1) is 19.3. The van der Waals surface area contributed by atoms with E-state index in [0.717, 1.165) is 31.2 Å². The SMILES string of the molecule is Cc1cccc(CC2CC3C4CCc5cc(CO)ccc5C4CCC3(C)C2O)c1. The lowest BCUT2D eigenvalue weighted by atomic mass is 9.55. The fourth-order valence-corrected chi connectivity index (χ4v) is 7.22. The average Bonchev–Trinajstić information content (AvgIpc) is 2.98. The van der Waals surface area contributed by atoms with Gasteiger partial charge in [-0.05, 0) is 96.8 Å². The van der Waals surface area contributed by atoms with Gasteiger partial charge < -0.3 is 10.2 Å². The van der Waals surface area contributed by atoms with E-state index in [1.165, 1.54) is 35.1 Å². The minimum absolute atomic E-state index is 0.0677. The van der Waals surface area contributed by atoms with Crippen molar-refractivity contribution in [3.05, 3.63) is 70.3 Å². The van der Waals surface area contributed by atoms with Gasteiger partial charge in [0.15, 0.2) is 0 Å². The van der Waals surface area contributed by atoms with Crippen molar-refractivity contribution < 1.29 is 10.2 Å². The molecule has 2 nitrogen and oxygen atoms in total. The molecule has 3 aliphatic rings. The number of hydrogen-bond acceptors (Lipinski definition) is 2. The Morgan fingerprint density at radius 2 is 1.93 bits per heavy atom. The molecule has 2 heteroatoms. The Balaban J connectivity index is 1.41. The molecule has 154 valence electrons. The summed E-state index contributed by atoms with van der Waals surface area (Å²) < 4.78 is 0. The van der Waals surface area contributed by atoms with Gasteiger partial charge in [0.1, 0.15) is 0 Å². The fourth-order valence-electron chi connectivity index (χ4n) is 7.22. The van der Waals surface area contributed by atoms with Gasteiger partial charge in [-0.25, -0.2) is 0 Å². The highest BCUT2D eigenvalue weighted by molar-refractivity contribution is 5.38. The summed E-state index contributed by atoms with van der Waals surface area (Å²) in [7, 11) is 0. The first-order valence-electron chi connectivity index (χ1n) is 11.5. The molecule has 0 aromatic heterocycles. The normalized spacial score (nSPS) is 35.7. The average molecular weight is 391 g/mol. The summed E-state index contributed by atoms with van der Waals surface area (Å²) in [6.07, 6.45) is 6.65. The molecule has 6 atom stereocenters. The Morgan fingerprint density at radius 1 is 1.07 bits per heavy atom. The fraction of sp³-hybridized carbons (Fsp3) is 0.556. The number of aryl methyl sites for hydroxylation is 2. The lowest BCUT2D eigenvalue weighted by Gasteiger charge is -2.50. The van der Waals surface area contributed by atoms with E-state index in [0.29, 0.717) is 23.7 Å². The molecule has 0 amide bonds. The van der Waals surface area contributed by atoms with Crippen LogP contribution in [0.3, 0.4) is 0 Å². The van der Waals surface area contributed by atoms with Crippen LogP contribution in [0, 0.1) is 30.1 Å². The Morgan fingerprint density at radius 3 is 2.72 bits per heavy atom. The van der Waals surface area contributed by atoms with Crippen LogP contribution in [0.4, 0.5) is 0 Å². The van der Waals surface area contributed by atoms with E-state index >= 15 is 0 Å². The highest BCUT2D eigenvalue weighted by Crippen LogP contribution is 2.62. The monoisotopic (exact) mass is 390 g/mol. The van der Waals surface area contributed by atoms with Crippen LogP contribution in [0.15, 0.2) is 42.5 Å². The highest BCUT2D eigenvalue weighted by Gasteiger charge is 2.57. The van der Waals surface area contributed by atoms with Crippen molar-refractivity contribution in [3.63, 3.8) is 0 Å². The Labute approximate surface area is 175 Å². The van der Waals surface area contributed by atoms with Crippen LogP contribution in [-0.4, -0.2) is 16.3 Å². The maximum absolute atomic E-state index is 11.4. The van der Waals surface area contributed by atoms with Crippen LogP contribution in [-0.2, 0) is 19.4 Å². The van der Waals surface area contributed by atoms with Crippen molar-refractivity contribution in [1.82, 2.24) is 0 Å². The van der Waals surface area contributed by atoms with Crippen LogP contribution >= 0.6 is 0 Å². The van der Waals surface area contributed by atoms with Gasteiger partial charge in [0.2, 0.25) is 0 Å². The zero-order valence-corrected chi connectivity index (χ0v) is 17.8. The Hall–Kier alpha value is -1.64. The molecule has 2 aromatic rings. The van der Waals surface area contributed by atoms with Crippen LogP contribution < -0.4 is 0 Å². The molecular weight excluding hydrogens is 356 g/mol. The second-order valence-corrected chi connectivity index (χ2v) is 10.3. The maximum atomic E-state index is 11.4. The molecule has 5 rings (SSSR count). The largest absolute Gasteiger partial charge is 0.392 e. The summed E-state index contributed by atoms with van der Waals surface area (Å²) in [6.45, 7) is 4.66. The third kappa shape index (κ3) is 3.16. The second kappa shape index (κ2) is 7.25. The number of rotatable bonds is 3. The van der Waals surface area contributed by atoms with Crippen molar-refractivity contribution in [2.24, 2.45) is 23.2 Å². The molecule has 0 radical (unpaired) electrons. The van der Waals surface area contributed by atoms with E-state index in [1.807, 2.05) is 0 Å². The molecular formula is C27H34O2. The van der Waals surface area contributed by atoms with Gasteiger partial charge in [0.25, 0.3) is 0 Å². The smallest absolute Gasteiger partial charge is 0.0681 e. The van der Waals surface area contributed by atoms with Gasteiger partial charge in [-0.1, -0.05) is 55.0 Å². The first-order chi connectivity index (χ1) is 14.0. The molecule has 29 heavy (non-hydrogen) atoms. The molecule has 2 N–H and O–H groups in total. The predicted molar refractivity (Wildman–Crippen MR) is 117 cm³/mol. The van der Waals surface area contributed by atoms with Crippen LogP contribution in [0.25, 0.3) is 0 Å². The second-order valence-electron chi connectivity index (χ2n) is 10.3. The van der Waals surface area contributed by atoms with Crippen LogP contribution in [0.5, 0.6) is 0 Å². The van der Waals surface area contributed by atoms with Crippen molar-refractivity contribution in [1.29, 1.82) is 0 Å². The van der Waals surface area contributed by atoms with Gasteiger partial charge in [-0.15, -0.1) is 0 Å². The molecule has 2 fully saturated rings. The molecule has 0 bridgehead atoms. The molecule has 0 saturated heterocycles. The van der Waals surface area contributed by atoms with E-state index < -0.39 is 0 Å². The van der Waals surface area contributed by atoms with Crippen LogP contribution in [0.1, 0.15) is 66.3 Å². The first-order valence-corrected chi connectivity index (χ1v) is 11.5. The van der Waals surface area contributed by atoms with Crippen molar-refractivity contribution in [3.8, 4) is 0 Å². The standard InChI is InChI=1S/C27H34O2/c1-17-4-3-5-18(12-17)13-21-15-25-24-9-7-20-14-19(16-28)6-8-22(20)23(24)10-11-27(25,2)26(21)29/h3-6,8,12,14,21,23-26,28-29H,7,9-11,13,15-16H2,1-2H3. The summed E-state index contributed by atoms with van der Waals surface area (Å²) in [4.78, 5) is 0. The summed E-state index contributed by atoms with van der Waals surface area (Å²) in [5.74, 6) is 2.33. The minimum atomic E-state index is -0.188. The Bertz CT molecular complexity index is 903. The third-order valence-corrected chi connectivity index (χ3v) is 8.67. The third-order valence-electron chi connectivity index (χ3n) is 8.67. The highest BCUT2D eigenvalue weighted by atomic mass is 16.3. The van der Waals surface area contributed by atoms with Gasteiger partial charge >= 0.3 is 0 Å². The van der Waals surface area contributed by atoms with Gasteiger partial charge in [-0.2, -0.15) is 0 Å². The maximum Gasteiger partial charge on any atom is 0.0681 e. The van der Waals surface area contributed by atoms with Gasteiger partial charge in [0, 0.05) is 0 Å². The van der Waals surface area contributed by atoms with Gasteiger partial charge in [0.05, 0.1) is 12.7 Å². The lowest BCUT2D eigenvalue weighted by Crippen LogP contribution is -2.44. The summed E-state index contributed by atoms with van der Waals surface area (Å²) >= 11 is 0. The zero-order chi connectivity index (χ0) is 20.2. The molecule has 0 heterocycles. The van der Waals surface area contributed by atoms with Crippen molar-refractivity contribution >= 4 is 0 Å². The summed E-state index contributed by atoms with van der Waals surface area (Å²) in [5.41, 5.74) is 6.77. The molecule has 2 aromatic carbocycles. The molecule has 0 aliphatic heterocycles. The quantitative estimate of drug-likeness (QED) is 0.759. The van der Waals surface area contributed by atoms with E-state index in [1.54, 1.807) is 0 Å². The topological polar surface area (TPSA) is 40.5 Å².